The number of halogens is 2. The smallest absolute Gasteiger partial charge is 0.295 e. The van der Waals surface area contributed by atoms with Crippen LogP contribution in [0.15, 0.2) is 41.0 Å². The Hall–Kier alpha value is -1.96. The molecule has 0 aliphatic carbocycles. The number of nitrogens with zero attached hydrogens (tertiary/aromatic N) is 3. The molecular weight excluding hydrogens is 365 g/mol. The molecule has 0 fully saturated rings. The lowest BCUT2D eigenvalue weighted by molar-refractivity contribution is 0.0959. The molecule has 0 N–H and O–H groups in total. The molecule has 0 aliphatic heterocycles. The monoisotopic (exact) mass is 383 g/mol. The van der Waals surface area contributed by atoms with E-state index in [-0.39, 0.29) is 29.9 Å². The van der Waals surface area contributed by atoms with Gasteiger partial charge in [0.1, 0.15) is 11.3 Å². The molecule has 1 aromatic carbocycles. The van der Waals surface area contributed by atoms with Gasteiger partial charge in [-0.1, -0.05) is 17.4 Å². The van der Waals surface area contributed by atoms with E-state index in [4.69, 9.17) is 4.42 Å². The number of furan rings is 1. The van der Waals surface area contributed by atoms with Crippen LogP contribution in [0.1, 0.15) is 17.0 Å². The van der Waals surface area contributed by atoms with E-state index in [0.717, 1.165) is 17.7 Å². The van der Waals surface area contributed by atoms with E-state index < -0.39 is 0 Å². The highest BCUT2D eigenvalue weighted by molar-refractivity contribution is 7.22. The number of para-hydroxylation sites is 1. The minimum absolute atomic E-state index is 0. The van der Waals surface area contributed by atoms with Gasteiger partial charge in [-0.3, -0.25) is 9.69 Å². The first-order valence-corrected chi connectivity index (χ1v) is 8.43. The van der Waals surface area contributed by atoms with Crippen LogP contribution in [0.5, 0.6) is 0 Å². The molecule has 0 atom stereocenters. The maximum Gasteiger partial charge on any atom is 0.295 e. The zero-order chi connectivity index (χ0) is 17.1. The molecule has 5 nitrogen and oxygen atoms in total. The third kappa shape index (κ3) is 4.36. The third-order valence-corrected chi connectivity index (χ3v) is 4.60. The molecule has 2 heterocycles. The minimum atomic E-state index is -0.381. The summed E-state index contributed by atoms with van der Waals surface area (Å²) in [5.74, 6) is -0.397. The number of rotatable bonds is 6. The lowest BCUT2D eigenvalue weighted by Crippen LogP contribution is -2.33. The highest BCUT2D eigenvalue weighted by Gasteiger charge is 2.23. The van der Waals surface area contributed by atoms with Crippen LogP contribution in [-0.2, 0) is 0 Å². The SMILES string of the molecule is CN(C)CCCN(C(=O)c1ccco1)c1nc2c(F)cccc2s1.Cl. The van der Waals surface area contributed by atoms with Crippen LogP contribution in [0.3, 0.4) is 0 Å². The van der Waals surface area contributed by atoms with Crippen molar-refractivity contribution in [2.45, 2.75) is 6.42 Å². The normalized spacial score (nSPS) is 10.9. The average Bonchev–Trinajstić information content (AvgIpc) is 3.20. The van der Waals surface area contributed by atoms with Crippen LogP contribution >= 0.6 is 23.7 Å². The molecule has 0 saturated carbocycles. The fourth-order valence-corrected chi connectivity index (χ4v) is 3.39. The summed E-state index contributed by atoms with van der Waals surface area (Å²) >= 11 is 1.30. The highest BCUT2D eigenvalue weighted by atomic mass is 35.5. The van der Waals surface area contributed by atoms with E-state index in [9.17, 15) is 9.18 Å². The molecule has 134 valence electrons. The molecule has 1 amide bonds. The van der Waals surface area contributed by atoms with Gasteiger partial charge in [0, 0.05) is 6.54 Å². The van der Waals surface area contributed by atoms with Gasteiger partial charge in [-0.2, -0.15) is 0 Å². The Balaban J connectivity index is 0.00000225. The predicted octanol–water partition coefficient (Wildman–Crippen LogP) is 4.05. The lowest BCUT2D eigenvalue weighted by atomic mass is 10.3. The number of hydrogen-bond acceptors (Lipinski definition) is 5. The van der Waals surface area contributed by atoms with Gasteiger partial charge in [-0.05, 0) is 51.3 Å². The lowest BCUT2D eigenvalue weighted by Gasteiger charge is -2.19. The zero-order valence-electron chi connectivity index (χ0n) is 13.9. The van der Waals surface area contributed by atoms with Gasteiger partial charge in [0.15, 0.2) is 10.9 Å². The second kappa shape index (κ2) is 8.42. The number of thiazole rings is 1. The molecule has 0 spiro atoms. The first kappa shape index (κ1) is 19.4. The molecule has 0 radical (unpaired) electrons. The second-order valence-corrected chi connectivity index (χ2v) is 6.68. The standard InChI is InChI=1S/C17H18FN3O2S.ClH/c1-20(2)9-5-10-21(16(22)13-7-4-11-23-13)17-19-15-12(18)6-3-8-14(15)24-17;/h3-4,6-8,11H,5,9-10H2,1-2H3;1H. The van der Waals surface area contributed by atoms with Crippen molar-refractivity contribution in [2.75, 3.05) is 32.1 Å². The number of fused-ring (bicyclic) bond motifs is 1. The Morgan fingerprint density at radius 3 is 2.68 bits per heavy atom. The van der Waals surface area contributed by atoms with E-state index in [1.54, 1.807) is 29.2 Å². The van der Waals surface area contributed by atoms with Gasteiger partial charge in [0.05, 0.1) is 11.0 Å². The van der Waals surface area contributed by atoms with Gasteiger partial charge in [-0.25, -0.2) is 9.37 Å². The molecule has 0 unspecified atom stereocenters. The fourth-order valence-electron chi connectivity index (χ4n) is 2.38. The van der Waals surface area contributed by atoms with Gasteiger partial charge < -0.3 is 9.32 Å². The van der Waals surface area contributed by atoms with Crippen molar-refractivity contribution in [2.24, 2.45) is 0 Å². The molecule has 25 heavy (non-hydrogen) atoms. The van der Waals surface area contributed by atoms with E-state index in [0.29, 0.717) is 17.2 Å². The van der Waals surface area contributed by atoms with E-state index in [1.807, 2.05) is 19.0 Å². The number of aromatic nitrogens is 1. The van der Waals surface area contributed by atoms with E-state index in [2.05, 4.69) is 4.98 Å². The summed E-state index contributed by atoms with van der Waals surface area (Å²) < 4.78 is 19.9. The highest BCUT2D eigenvalue weighted by Crippen LogP contribution is 2.31. The molecule has 8 heteroatoms. The average molecular weight is 384 g/mol. The van der Waals surface area contributed by atoms with Crippen LogP contribution < -0.4 is 4.90 Å². The zero-order valence-corrected chi connectivity index (χ0v) is 15.6. The summed E-state index contributed by atoms with van der Waals surface area (Å²) in [6, 6.07) is 8.11. The Kier molecular flexibility index (Phi) is 6.52. The molecule has 3 rings (SSSR count). The predicted molar refractivity (Wildman–Crippen MR) is 100 cm³/mol. The van der Waals surface area contributed by atoms with Crippen molar-refractivity contribution in [3.05, 3.63) is 48.2 Å². The van der Waals surface area contributed by atoms with Crippen molar-refractivity contribution >= 4 is 45.0 Å². The van der Waals surface area contributed by atoms with Crippen molar-refractivity contribution < 1.29 is 13.6 Å². The van der Waals surface area contributed by atoms with Crippen LogP contribution in [0.4, 0.5) is 9.52 Å². The van der Waals surface area contributed by atoms with Crippen molar-refractivity contribution in [3.63, 3.8) is 0 Å². The number of anilines is 1. The van der Waals surface area contributed by atoms with Gasteiger partial charge in [0.25, 0.3) is 5.91 Å². The Morgan fingerprint density at radius 2 is 2.04 bits per heavy atom. The quantitative estimate of drug-likeness (QED) is 0.644. The molecule has 0 saturated heterocycles. The fraction of sp³-hybridized carbons (Fsp3) is 0.294. The summed E-state index contributed by atoms with van der Waals surface area (Å²) in [6.07, 6.45) is 2.24. The number of benzene rings is 1. The first-order chi connectivity index (χ1) is 11.6. The summed E-state index contributed by atoms with van der Waals surface area (Å²) in [5, 5.41) is 0.482. The number of hydrogen-bond donors (Lipinski definition) is 0. The maximum absolute atomic E-state index is 13.9. The van der Waals surface area contributed by atoms with E-state index >= 15 is 0 Å². The number of carbonyl (C=O) groups is 1. The molecule has 0 bridgehead atoms. The maximum atomic E-state index is 13.9. The Morgan fingerprint density at radius 1 is 1.24 bits per heavy atom. The molecule has 2 aromatic heterocycles. The summed E-state index contributed by atoms with van der Waals surface area (Å²) in [5.41, 5.74) is 0.294. The largest absolute Gasteiger partial charge is 0.459 e. The van der Waals surface area contributed by atoms with Crippen molar-refractivity contribution in [1.82, 2.24) is 9.88 Å². The van der Waals surface area contributed by atoms with Crippen LogP contribution in [-0.4, -0.2) is 43.0 Å². The Bertz CT molecular complexity index is 836. The summed E-state index contributed by atoms with van der Waals surface area (Å²) in [4.78, 5) is 20.7. The minimum Gasteiger partial charge on any atom is -0.459 e. The third-order valence-electron chi connectivity index (χ3n) is 3.55. The second-order valence-electron chi connectivity index (χ2n) is 5.67. The van der Waals surface area contributed by atoms with E-state index in [1.165, 1.54) is 23.7 Å². The topological polar surface area (TPSA) is 49.6 Å². The van der Waals surface area contributed by atoms with Crippen LogP contribution in [0, 0.1) is 5.82 Å². The van der Waals surface area contributed by atoms with Gasteiger partial charge in [0.2, 0.25) is 0 Å². The van der Waals surface area contributed by atoms with Crippen molar-refractivity contribution in [3.8, 4) is 0 Å². The molecular formula is C17H19ClFN3O2S. The van der Waals surface area contributed by atoms with Gasteiger partial charge in [-0.15, -0.1) is 12.4 Å². The number of amides is 1. The van der Waals surface area contributed by atoms with Crippen LogP contribution in [0.2, 0.25) is 0 Å². The van der Waals surface area contributed by atoms with Crippen molar-refractivity contribution in [1.29, 1.82) is 0 Å². The van der Waals surface area contributed by atoms with Gasteiger partial charge >= 0.3 is 0 Å². The molecule has 0 aliphatic rings. The summed E-state index contributed by atoms with van der Waals surface area (Å²) in [7, 11) is 3.96. The Labute approximate surface area is 155 Å². The molecule has 3 aromatic rings. The summed E-state index contributed by atoms with van der Waals surface area (Å²) in [6.45, 7) is 1.32. The number of carbonyl (C=O) groups excluding carboxylic acids is 1. The first-order valence-electron chi connectivity index (χ1n) is 7.61. The van der Waals surface area contributed by atoms with Crippen LogP contribution in [0.25, 0.3) is 10.2 Å².